The van der Waals surface area contributed by atoms with Gasteiger partial charge in [-0.15, -0.1) is 0 Å². The first-order chi connectivity index (χ1) is 13.6. The maximum atomic E-state index is 13.6. The van der Waals surface area contributed by atoms with E-state index in [-0.39, 0.29) is 11.8 Å². The van der Waals surface area contributed by atoms with E-state index in [0.29, 0.717) is 13.1 Å². The Bertz CT molecular complexity index is 796. The number of aliphatic hydroxyl groups is 1. The SMILES string of the molecule is COc1ccc(C2(C(=O)N3CC[C@@H](c4ccccc4)[C@H](O)C3)CCCC2)cc1. The summed E-state index contributed by atoms with van der Waals surface area (Å²) in [6.45, 7) is 1.11. The first-order valence-corrected chi connectivity index (χ1v) is 10.3. The molecule has 0 bridgehead atoms. The highest BCUT2D eigenvalue weighted by atomic mass is 16.5. The third kappa shape index (κ3) is 3.42. The average molecular weight is 380 g/mol. The van der Waals surface area contributed by atoms with E-state index < -0.39 is 11.5 Å². The van der Waals surface area contributed by atoms with Gasteiger partial charge in [0.05, 0.1) is 18.6 Å². The Morgan fingerprint density at radius 2 is 1.75 bits per heavy atom. The number of piperidine rings is 1. The highest BCUT2D eigenvalue weighted by Crippen LogP contribution is 2.44. The molecule has 1 aliphatic carbocycles. The Labute approximate surface area is 167 Å². The summed E-state index contributed by atoms with van der Waals surface area (Å²) in [6.07, 6.45) is 4.19. The summed E-state index contributed by atoms with van der Waals surface area (Å²) >= 11 is 0. The lowest BCUT2D eigenvalue weighted by Gasteiger charge is -2.41. The fourth-order valence-corrected chi connectivity index (χ4v) is 5.02. The maximum Gasteiger partial charge on any atom is 0.233 e. The second kappa shape index (κ2) is 7.96. The van der Waals surface area contributed by atoms with Gasteiger partial charge in [0.1, 0.15) is 5.75 Å². The van der Waals surface area contributed by atoms with Gasteiger partial charge in [-0.25, -0.2) is 0 Å². The van der Waals surface area contributed by atoms with Crippen LogP contribution < -0.4 is 4.74 Å². The number of rotatable bonds is 4. The number of nitrogens with zero attached hydrogens (tertiary/aromatic N) is 1. The van der Waals surface area contributed by atoms with E-state index in [1.54, 1.807) is 7.11 Å². The van der Waals surface area contributed by atoms with Crippen LogP contribution >= 0.6 is 0 Å². The minimum atomic E-state index is -0.519. The smallest absolute Gasteiger partial charge is 0.233 e. The van der Waals surface area contributed by atoms with Gasteiger partial charge in [0.25, 0.3) is 0 Å². The number of β-amino-alcohol motifs (C(OH)–C–C–N with tert-alkyl or cyclic N) is 1. The van der Waals surface area contributed by atoms with Crippen LogP contribution in [0.25, 0.3) is 0 Å². The third-order valence-corrected chi connectivity index (χ3v) is 6.61. The summed E-state index contributed by atoms with van der Waals surface area (Å²) in [5.74, 6) is 1.09. The molecule has 2 atom stereocenters. The van der Waals surface area contributed by atoms with Gasteiger partial charge in [-0.05, 0) is 42.5 Å². The van der Waals surface area contributed by atoms with E-state index in [9.17, 15) is 9.90 Å². The van der Waals surface area contributed by atoms with Gasteiger partial charge < -0.3 is 14.7 Å². The molecule has 1 heterocycles. The van der Waals surface area contributed by atoms with Gasteiger partial charge in [0.15, 0.2) is 0 Å². The summed E-state index contributed by atoms with van der Waals surface area (Å²) in [4.78, 5) is 15.6. The predicted molar refractivity (Wildman–Crippen MR) is 110 cm³/mol. The van der Waals surface area contributed by atoms with Crippen molar-refractivity contribution in [2.75, 3.05) is 20.2 Å². The van der Waals surface area contributed by atoms with E-state index >= 15 is 0 Å². The maximum absolute atomic E-state index is 13.6. The molecule has 1 aliphatic heterocycles. The molecule has 0 aromatic heterocycles. The zero-order chi connectivity index (χ0) is 19.6. The molecular formula is C24H29NO3. The Kier molecular flexibility index (Phi) is 5.40. The van der Waals surface area contributed by atoms with E-state index in [1.807, 2.05) is 47.4 Å². The van der Waals surface area contributed by atoms with Crippen molar-refractivity contribution >= 4 is 5.91 Å². The molecule has 1 saturated carbocycles. The molecule has 4 rings (SSSR count). The van der Waals surface area contributed by atoms with Crippen LogP contribution in [0.3, 0.4) is 0 Å². The van der Waals surface area contributed by atoms with Crippen molar-refractivity contribution in [3.63, 3.8) is 0 Å². The van der Waals surface area contributed by atoms with Crippen molar-refractivity contribution in [2.24, 2.45) is 0 Å². The minimum Gasteiger partial charge on any atom is -0.497 e. The normalized spacial score (nSPS) is 24.1. The highest BCUT2D eigenvalue weighted by molar-refractivity contribution is 5.89. The molecule has 2 fully saturated rings. The Hall–Kier alpha value is -2.33. The number of benzene rings is 2. The number of carbonyl (C=O) groups excluding carboxylic acids is 1. The third-order valence-electron chi connectivity index (χ3n) is 6.61. The van der Waals surface area contributed by atoms with E-state index in [2.05, 4.69) is 12.1 Å². The number of amides is 1. The topological polar surface area (TPSA) is 49.8 Å². The largest absolute Gasteiger partial charge is 0.497 e. The summed E-state index contributed by atoms with van der Waals surface area (Å²) in [7, 11) is 1.66. The number of hydrogen-bond donors (Lipinski definition) is 1. The molecule has 4 nitrogen and oxygen atoms in total. The molecular weight excluding hydrogens is 350 g/mol. The second-order valence-electron chi connectivity index (χ2n) is 8.14. The van der Waals surface area contributed by atoms with Crippen LogP contribution in [0.15, 0.2) is 54.6 Å². The lowest BCUT2D eigenvalue weighted by molar-refractivity contribution is -0.141. The van der Waals surface area contributed by atoms with Gasteiger partial charge in [-0.3, -0.25) is 4.79 Å². The summed E-state index contributed by atoms with van der Waals surface area (Å²) in [6, 6.07) is 18.1. The molecule has 2 aromatic carbocycles. The van der Waals surface area contributed by atoms with Crippen LogP contribution in [0.2, 0.25) is 0 Å². The molecule has 4 heteroatoms. The first-order valence-electron chi connectivity index (χ1n) is 10.3. The fraction of sp³-hybridized carbons (Fsp3) is 0.458. The number of aliphatic hydroxyl groups excluding tert-OH is 1. The Morgan fingerprint density at radius 1 is 1.07 bits per heavy atom. The molecule has 0 radical (unpaired) electrons. The van der Waals surface area contributed by atoms with E-state index in [4.69, 9.17) is 4.74 Å². The number of methoxy groups -OCH3 is 1. The Morgan fingerprint density at radius 3 is 2.36 bits per heavy atom. The average Bonchev–Trinajstić information content (AvgIpc) is 3.25. The molecule has 2 aliphatic rings. The van der Waals surface area contributed by atoms with Crippen LogP contribution in [0.4, 0.5) is 0 Å². The van der Waals surface area contributed by atoms with Gasteiger partial charge >= 0.3 is 0 Å². The Balaban J connectivity index is 1.54. The van der Waals surface area contributed by atoms with Crippen LogP contribution in [-0.2, 0) is 10.2 Å². The molecule has 0 spiro atoms. The lowest BCUT2D eigenvalue weighted by atomic mass is 9.76. The molecule has 1 amide bonds. The van der Waals surface area contributed by atoms with Crippen molar-refractivity contribution in [3.05, 3.63) is 65.7 Å². The molecule has 1 N–H and O–H groups in total. The van der Waals surface area contributed by atoms with E-state index in [0.717, 1.165) is 49.0 Å². The van der Waals surface area contributed by atoms with Gasteiger partial charge in [-0.2, -0.15) is 0 Å². The van der Waals surface area contributed by atoms with Gasteiger partial charge in [-0.1, -0.05) is 55.3 Å². The van der Waals surface area contributed by atoms with Gasteiger partial charge in [0, 0.05) is 19.0 Å². The number of ether oxygens (including phenoxy) is 1. The lowest BCUT2D eigenvalue weighted by Crippen LogP contribution is -2.52. The number of carbonyl (C=O) groups is 1. The second-order valence-corrected chi connectivity index (χ2v) is 8.14. The summed E-state index contributed by atoms with van der Waals surface area (Å²) < 4.78 is 5.28. The van der Waals surface area contributed by atoms with Crippen molar-refractivity contribution in [3.8, 4) is 5.75 Å². The van der Waals surface area contributed by atoms with Crippen molar-refractivity contribution in [1.82, 2.24) is 4.90 Å². The standard InChI is InChI=1S/C24H29NO3/c1-28-20-11-9-19(10-12-20)24(14-5-6-15-24)23(27)25-16-13-21(22(26)17-25)18-7-3-2-4-8-18/h2-4,7-12,21-22,26H,5-6,13-17H2,1H3/t21-,22+/m0/s1. The van der Waals surface area contributed by atoms with Crippen molar-refractivity contribution in [1.29, 1.82) is 0 Å². The predicted octanol–water partition coefficient (Wildman–Crippen LogP) is 3.88. The highest BCUT2D eigenvalue weighted by Gasteiger charge is 2.46. The van der Waals surface area contributed by atoms with Crippen LogP contribution in [0, 0.1) is 0 Å². The first kappa shape index (κ1) is 19.0. The summed E-state index contributed by atoms with van der Waals surface area (Å²) in [5, 5.41) is 10.8. The zero-order valence-electron chi connectivity index (χ0n) is 16.5. The van der Waals surface area contributed by atoms with Crippen LogP contribution in [0.1, 0.15) is 49.1 Å². The van der Waals surface area contributed by atoms with Crippen molar-refractivity contribution < 1.29 is 14.6 Å². The molecule has 28 heavy (non-hydrogen) atoms. The van der Waals surface area contributed by atoms with Crippen LogP contribution in [-0.4, -0.2) is 42.2 Å². The summed E-state index contributed by atoms with van der Waals surface area (Å²) in [5.41, 5.74) is 1.79. The fourth-order valence-electron chi connectivity index (χ4n) is 5.02. The zero-order valence-corrected chi connectivity index (χ0v) is 16.5. The number of likely N-dealkylation sites (tertiary alicyclic amines) is 1. The van der Waals surface area contributed by atoms with Crippen LogP contribution in [0.5, 0.6) is 5.75 Å². The molecule has 2 aromatic rings. The van der Waals surface area contributed by atoms with Gasteiger partial charge in [0.2, 0.25) is 5.91 Å². The van der Waals surface area contributed by atoms with Crippen molar-refractivity contribution in [2.45, 2.75) is 49.5 Å². The molecule has 148 valence electrons. The minimum absolute atomic E-state index is 0.103. The number of hydrogen-bond acceptors (Lipinski definition) is 3. The monoisotopic (exact) mass is 379 g/mol. The van der Waals surface area contributed by atoms with E-state index in [1.165, 1.54) is 0 Å². The molecule has 1 saturated heterocycles. The quantitative estimate of drug-likeness (QED) is 0.877. The molecule has 0 unspecified atom stereocenters.